The molecule has 4 heterocycles. The Kier molecular flexibility index (Phi) is 12.8. The zero-order chi connectivity index (χ0) is 40.6. The average Bonchev–Trinajstić information content (AvgIpc) is 4.01. The van der Waals surface area contributed by atoms with Crippen molar-refractivity contribution in [2.24, 2.45) is 14.1 Å². The van der Waals surface area contributed by atoms with E-state index in [9.17, 15) is 27.2 Å². The van der Waals surface area contributed by atoms with Crippen LogP contribution in [0, 0.1) is 23.3 Å². The van der Waals surface area contributed by atoms with Gasteiger partial charge in [0.1, 0.15) is 45.8 Å². The number of thiophene rings is 2. The maximum Gasteiger partial charge on any atom is 0.261 e. The summed E-state index contributed by atoms with van der Waals surface area (Å²) < 4.78 is 56.3. The summed E-state index contributed by atoms with van der Waals surface area (Å²) in [6.45, 7) is 0. The molecule has 0 aliphatic heterocycles. The molecule has 0 bridgehead atoms. The zero-order valence-corrected chi connectivity index (χ0v) is 32.5. The van der Waals surface area contributed by atoms with E-state index in [0.717, 1.165) is 74.8 Å². The van der Waals surface area contributed by atoms with Crippen molar-refractivity contribution in [1.29, 1.82) is 0 Å². The Hall–Kier alpha value is -6.35. The first-order valence-electron chi connectivity index (χ1n) is 16.9. The molecule has 4 aromatic heterocycles. The summed E-state index contributed by atoms with van der Waals surface area (Å²) in [7, 11) is 3.83. The van der Waals surface area contributed by atoms with Crippen molar-refractivity contribution in [3.63, 3.8) is 0 Å². The number of carbonyl (C=O) groups is 2. The zero-order valence-electron chi connectivity index (χ0n) is 30.1. The van der Waals surface area contributed by atoms with E-state index in [0.29, 0.717) is 5.69 Å². The van der Waals surface area contributed by atoms with Gasteiger partial charge >= 0.3 is 0 Å². The van der Waals surface area contributed by atoms with Gasteiger partial charge in [0.2, 0.25) is 0 Å². The lowest BCUT2D eigenvalue weighted by Gasteiger charge is -2.08. The van der Waals surface area contributed by atoms with Gasteiger partial charge in [0.25, 0.3) is 11.1 Å². The molecule has 0 saturated heterocycles. The number of anilines is 2. The molecule has 8 rings (SSSR count). The molecule has 4 aromatic carbocycles. The predicted octanol–water partition coefficient (Wildman–Crippen LogP) is 11.1. The highest BCUT2D eigenvalue weighted by molar-refractivity contribution is 7.13. The highest BCUT2D eigenvalue weighted by atomic mass is 35.5. The van der Waals surface area contributed by atoms with E-state index in [1.807, 2.05) is 84.8 Å². The van der Waals surface area contributed by atoms with Crippen molar-refractivity contribution in [1.82, 2.24) is 19.6 Å². The average molecular weight is 827 g/mol. The molecule has 0 fully saturated rings. The fourth-order valence-electron chi connectivity index (χ4n) is 5.54. The lowest BCUT2D eigenvalue weighted by atomic mass is 10.1. The summed E-state index contributed by atoms with van der Waals surface area (Å²) in [5, 5.41) is 14.5. The summed E-state index contributed by atoms with van der Waals surface area (Å²) in [6.07, 6.45) is 0. The maximum atomic E-state index is 13.7. The lowest BCUT2D eigenvalue weighted by Crippen LogP contribution is -2.15. The number of aryl methyl sites for hydroxylation is 2. The number of benzene rings is 4. The smallest absolute Gasteiger partial charge is 0.261 e. The molecule has 15 heteroatoms. The van der Waals surface area contributed by atoms with Gasteiger partial charge in [0.05, 0.1) is 21.1 Å². The SMILES string of the molecule is Cn1nc(-c2cccs2)cc1-c1ccc(N)cc1.Cn1nc(-c2cccs2)cc1-c1ccc(NC(=O)c2c(F)cccc2F)cc1.O=C(Cl)c1c(F)cccc1F. The standard InChI is InChI=1S/C21H15F2N3OS.C14H13N3S.C7H3ClF2O/c1-26-18(12-17(25-26)19-6-3-11-28-19)13-7-9-14(10-8-13)24-21(27)20-15(22)4-2-5-16(20)23;1-17-13(10-4-6-11(15)7-5-10)9-12(16-17)14-3-2-8-18-14;8-7(11)6-4(9)2-1-3-5(6)10/h2-12H,1H3,(H,24,27);2-9H,15H2,1H3;1-3H. The predicted molar refractivity (Wildman–Crippen MR) is 219 cm³/mol. The van der Waals surface area contributed by atoms with Crippen molar-refractivity contribution in [2.75, 3.05) is 11.1 Å². The summed E-state index contributed by atoms with van der Waals surface area (Å²) in [4.78, 5) is 24.8. The largest absolute Gasteiger partial charge is 0.399 e. The fraction of sp³-hybridized carbons (Fsp3) is 0.0476. The van der Waals surface area contributed by atoms with Crippen LogP contribution in [-0.2, 0) is 14.1 Å². The quantitative estimate of drug-likeness (QED) is 0.0945. The highest BCUT2D eigenvalue weighted by Crippen LogP contribution is 2.30. The van der Waals surface area contributed by atoms with Crippen molar-refractivity contribution in [3.05, 3.63) is 166 Å². The summed E-state index contributed by atoms with van der Waals surface area (Å²) in [5.74, 6) is -4.51. The van der Waals surface area contributed by atoms with Gasteiger partial charge in [-0.3, -0.25) is 19.0 Å². The van der Waals surface area contributed by atoms with Crippen LogP contribution in [0.15, 0.2) is 132 Å². The molecule has 57 heavy (non-hydrogen) atoms. The number of nitrogens with zero attached hydrogens (tertiary/aromatic N) is 4. The molecule has 1 amide bonds. The molecule has 0 atom stereocenters. The third-order valence-corrected chi connectivity index (χ3v) is 10.3. The molecule has 0 spiro atoms. The van der Waals surface area contributed by atoms with Crippen molar-refractivity contribution < 1.29 is 27.2 Å². The second kappa shape index (κ2) is 18.1. The van der Waals surface area contributed by atoms with Gasteiger partial charge < -0.3 is 11.1 Å². The van der Waals surface area contributed by atoms with Crippen LogP contribution in [0.2, 0.25) is 0 Å². The van der Waals surface area contributed by atoms with Crippen LogP contribution in [0.1, 0.15) is 20.7 Å². The molecule has 0 radical (unpaired) electrons. The van der Waals surface area contributed by atoms with Gasteiger partial charge in [-0.05, 0) is 106 Å². The number of hydrogen-bond acceptors (Lipinski definition) is 7. The van der Waals surface area contributed by atoms with Crippen molar-refractivity contribution >= 4 is 56.8 Å². The first-order valence-corrected chi connectivity index (χ1v) is 19.0. The Morgan fingerprint density at radius 1 is 0.614 bits per heavy atom. The second-order valence-corrected chi connectivity index (χ2v) is 14.4. The number of nitrogens with one attached hydrogen (secondary N) is 1. The van der Waals surface area contributed by atoms with Gasteiger partial charge in [-0.15, -0.1) is 22.7 Å². The van der Waals surface area contributed by atoms with E-state index in [1.54, 1.807) is 39.5 Å². The van der Waals surface area contributed by atoms with Gasteiger partial charge in [-0.2, -0.15) is 10.2 Å². The third kappa shape index (κ3) is 9.73. The van der Waals surface area contributed by atoms with E-state index >= 15 is 0 Å². The molecule has 8 nitrogen and oxygen atoms in total. The minimum Gasteiger partial charge on any atom is -0.399 e. The number of carbonyl (C=O) groups excluding carboxylic acids is 2. The molecule has 0 aliphatic carbocycles. The fourth-order valence-corrected chi connectivity index (χ4v) is 7.08. The Labute approximate surface area is 337 Å². The Bertz CT molecular complexity index is 2590. The second-order valence-electron chi connectivity index (χ2n) is 12.2. The van der Waals surface area contributed by atoms with Gasteiger partial charge in [0, 0.05) is 25.5 Å². The third-order valence-electron chi connectivity index (χ3n) is 8.30. The van der Waals surface area contributed by atoms with Crippen LogP contribution in [0.5, 0.6) is 0 Å². The number of halogens is 5. The maximum absolute atomic E-state index is 13.7. The lowest BCUT2D eigenvalue weighted by molar-refractivity contribution is 0.101. The van der Waals surface area contributed by atoms with Crippen LogP contribution in [0.3, 0.4) is 0 Å². The normalized spacial score (nSPS) is 10.6. The molecule has 8 aromatic rings. The number of aromatic nitrogens is 4. The Morgan fingerprint density at radius 2 is 1.04 bits per heavy atom. The highest BCUT2D eigenvalue weighted by Gasteiger charge is 2.18. The van der Waals surface area contributed by atoms with E-state index in [1.165, 1.54) is 10.9 Å². The van der Waals surface area contributed by atoms with Crippen molar-refractivity contribution in [3.8, 4) is 43.7 Å². The molecule has 3 N–H and O–H groups in total. The van der Waals surface area contributed by atoms with E-state index < -0.39 is 45.5 Å². The molecular formula is C42H31ClF4N6O2S2. The van der Waals surface area contributed by atoms with Crippen LogP contribution in [-0.4, -0.2) is 30.7 Å². The molecule has 288 valence electrons. The topological polar surface area (TPSA) is 108 Å². The molecule has 0 saturated carbocycles. The van der Waals surface area contributed by atoms with Crippen LogP contribution in [0.4, 0.5) is 28.9 Å². The number of amides is 1. The van der Waals surface area contributed by atoms with Gasteiger partial charge in [-0.1, -0.05) is 48.5 Å². The Morgan fingerprint density at radius 3 is 1.42 bits per heavy atom. The molecule has 0 unspecified atom stereocenters. The Balaban J connectivity index is 0.000000161. The monoisotopic (exact) mass is 826 g/mol. The van der Waals surface area contributed by atoms with Crippen LogP contribution < -0.4 is 11.1 Å². The number of nitrogens with two attached hydrogens (primary N) is 1. The van der Waals surface area contributed by atoms with Crippen molar-refractivity contribution in [2.45, 2.75) is 0 Å². The number of hydrogen-bond donors (Lipinski definition) is 2. The molecule has 0 aliphatic rings. The molecular weight excluding hydrogens is 796 g/mol. The minimum atomic E-state index is -1.12. The van der Waals surface area contributed by atoms with Crippen LogP contribution in [0.25, 0.3) is 43.7 Å². The minimum absolute atomic E-state index is 0.442. The van der Waals surface area contributed by atoms with E-state index in [4.69, 9.17) is 17.3 Å². The van der Waals surface area contributed by atoms with Crippen LogP contribution >= 0.6 is 34.3 Å². The van der Waals surface area contributed by atoms with Gasteiger partial charge in [-0.25, -0.2) is 17.6 Å². The van der Waals surface area contributed by atoms with E-state index in [2.05, 4.69) is 33.0 Å². The first-order chi connectivity index (χ1) is 27.4. The summed E-state index contributed by atoms with van der Waals surface area (Å²) in [5.41, 5.74) is 11.6. The summed E-state index contributed by atoms with van der Waals surface area (Å²) in [6, 6.07) is 33.5. The van der Waals surface area contributed by atoms with Gasteiger partial charge in [0.15, 0.2) is 0 Å². The van der Waals surface area contributed by atoms with E-state index in [-0.39, 0.29) is 0 Å². The number of nitrogen functional groups attached to an aromatic ring is 1. The first kappa shape index (κ1) is 40.3. The summed E-state index contributed by atoms with van der Waals surface area (Å²) >= 11 is 8.21. The number of rotatable bonds is 7.